The molecule has 0 aromatic carbocycles. The zero-order chi connectivity index (χ0) is 45.8. The first-order valence-corrected chi connectivity index (χ1v) is 27.9. The van der Waals surface area contributed by atoms with Crippen LogP contribution in [-0.2, 0) is 4.79 Å². The predicted molar refractivity (Wildman–Crippen MR) is 277 cm³/mol. The van der Waals surface area contributed by atoms with Gasteiger partial charge in [0.2, 0.25) is 5.91 Å². The molecule has 0 spiro atoms. The van der Waals surface area contributed by atoms with E-state index in [1.807, 2.05) is 6.08 Å². The van der Waals surface area contributed by atoms with Crippen molar-refractivity contribution in [2.75, 3.05) is 6.61 Å². The van der Waals surface area contributed by atoms with Gasteiger partial charge in [-0.05, 0) is 64.2 Å². The number of hydrogen-bond acceptors (Lipinski definition) is 4. The van der Waals surface area contributed by atoms with Gasteiger partial charge >= 0.3 is 0 Å². The van der Waals surface area contributed by atoms with Gasteiger partial charge in [0.05, 0.1) is 31.3 Å². The number of aliphatic hydroxyl groups excluding tert-OH is 3. The van der Waals surface area contributed by atoms with Gasteiger partial charge in [-0.25, -0.2) is 0 Å². The summed E-state index contributed by atoms with van der Waals surface area (Å²) in [6, 6.07) is -0.763. The summed E-state index contributed by atoms with van der Waals surface area (Å²) in [6.07, 6.45) is 70.1. The van der Waals surface area contributed by atoms with E-state index in [1.54, 1.807) is 6.08 Å². The highest BCUT2D eigenvalue weighted by molar-refractivity contribution is 5.76. The molecule has 0 aromatic rings. The van der Waals surface area contributed by atoms with Crippen molar-refractivity contribution in [2.45, 2.75) is 308 Å². The molecule has 0 fully saturated rings. The molecule has 5 nitrogen and oxygen atoms in total. The highest BCUT2D eigenvalue weighted by Crippen LogP contribution is 2.16. The van der Waals surface area contributed by atoms with Crippen molar-refractivity contribution in [3.8, 4) is 0 Å². The highest BCUT2D eigenvalue weighted by Gasteiger charge is 2.20. The Morgan fingerprint density at radius 2 is 0.730 bits per heavy atom. The van der Waals surface area contributed by atoms with E-state index in [9.17, 15) is 20.1 Å². The molecule has 0 radical (unpaired) electrons. The molecule has 1 amide bonds. The molecule has 63 heavy (non-hydrogen) atoms. The van der Waals surface area contributed by atoms with Crippen LogP contribution in [0, 0.1) is 0 Å². The maximum absolute atomic E-state index is 12.5. The van der Waals surface area contributed by atoms with Gasteiger partial charge in [0.1, 0.15) is 0 Å². The molecule has 0 aliphatic carbocycles. The second-order valence-corrected chi connectivity index (χ2v) is 19.2. The smallest absolute Gasteiger partial charge is 0.222 e. The van der Waals surface area contributed by atoms with Crippen LogP contribution >= 0.6 is 0 Å². The molecule has 0 aliphatic rings. The summed E-state index contributed by atoms with van der Waals surface area (Å²) in [5.41, 5.74) is 0. The van der Waals surface area contributed by atoms with Gasteiger partial charge in [-0.3, -0.25) is 4.79 Å². The highest BCUT2D eigenvalue weighted by atomic mass is 16.3. The summed E-state index contributed by atoms with van der Waals surface area (Å²) < 4.78 is 0. The SMILES string of the molecule is CCCCCCCCCCC/C=C\C/C=C\CCCCCCCCCCCCCCCC(O)CC(=O)NC(CO)C(O)/C=C/CC/C=C/CCCCCCCCCCCCCCC. The third-order valence-electron chi connectivity index (χ3n) is 12.8. The Hall–Kier alpha value is -1.69. The molecule has 0 saturated heterocycles. The Bertz CT molecular complexity index is 1020. The summed E-state index contributed by atoms with van der Waals surface area (Å²) >= 11 is 0. The number of amides is 1. The van der Waals surface area contributed by atoms with Crippen molar-refractivity contribution < 1.29 is 20.1 Å². The number of rotatable bonds is 51. The van der Waals surface area contributed by atoms with E-state index in [2.05, 4.69) is 55.6 Å². The molecule has 0 heterocycles. The van der Waals surface area contributed by atoms with Crippen molar-refractivity contribution in [2.24, 2.45) is 0 Å². The lowest BCUT2D eigenvalue weighted by atomic mass is 10.0. The van der Waals surface area contributed by atoms with Gasteiger partial charge in [0.25, 0.3) is 0 Å². The van der Waals surface area contributed by atoms with Crippen LogP contribution in [0.4, 0.5) is 0 Å². The maximum atomic E-state index is 12.5. The van der Waals surface area contributed by atoms with Crippen LogP contribution in [0.25, 0.3) is 0 Å². The van der Waals surface area contributed by atoms with Crippen LogP contribution in [-0.4, -0.2) is 46.1 Å². The van der Waals surface area contributed by atoms with Crippen LogP contribution in [0.1, 0.15) is 290 Å². The fourth-order valence-corrected chi connectivity index (χ4v) is 8.56. The second-order valence-electron chi connectivity index (χ2n) is 19.2. The van der Waals surface area contributed by atoms with Crippen molar-refractivity contribution in [1.82, 2.24) is 5.32 Å². The Balaban J connectivity index is 3.60. The second kappa shape index (κ2) is 52.9. The van der Waals surface area contributed by atoms with Gasteiger partial charge in [-0.1, -0.05) is 268 Å². The van der Waals surface area contributed by atoms with E-state index < -0.39 is 18.2 Å². The van der Waals surface area contributed by atoms with Gasteiger partial charge < -0.3 is 20.6 Å². The number of carbonyl (C=O) groups excluding carboxylic acids is 1. The van der Waals surface area contributed by atoms with Crippen molar-refractivity contribution in [3.63, 3.8) is 0 Å². The van der Waals surface area contributed by atoms with Crippen molar-refractivity contribution in [3.05, 3.63) is 48.6 Å². The van der Waals surface area contributed by atoms with Gasteiger partial charge in [-0.2, -0.15) is 0 Å². The van der Waals surface area contributed by atoms with Crippen LogP contribution in [0.5, 0.6) is 0 Å². The first-order valence-electron chi connectivity index (χ1n) is 27.9. The van der Waals surface area contributed by atoms with E-state index in [4.69, 9.17) is 0 Å². The monoisotopic (exact) mass is 884 g/mol. The van der Waals surface area contributed by atoms with E-state index in [0.29, 0.717) is 6.42 Å². The molecule has 370 valence electrons. The molecule has 0 aromatic heterocycles. The average Bonchev–Trinajstić information content (AvgIpc) is 3.28. The van der Waals surface area contributed by atoms with E-state index in [0.717, 1.165) is 38.5 Å². The lowest BCUT2D eigenvalue weighted by Crippen LogP contribution is -2.45. The molecule has 3 atom stereocenters. The fourth-order valence-electron chi connectivity index (χ4n) is 8.56. The first-order chi connectivity index (χ1) is 31.0. The van der Waals surface area contributed by atoms with Crippen molar-refractivity contribution in [1.29, 1.82) is 0 Å². The van der Waals surface area contributed by atoms with E-state index >= 15 is 0 Å². The molecule has 0 saturated carbocycles. The molecular formula is C58H109NO4. The average molecular weight is 885 g/mol. The number of aliphatic hydroxyl groups is 3. The van der Waals surface area contributed by atoms with Crippen LogP contribution in [0.2, 0.25) is 0 Å². The quantitative estimate of drug-likeness (QED) is 0.0362. The molecule has 4 N–H and O–H groups in total. The third kappa shape index (κ3) is 49.6. The zero-order valence-corrected chi connectivity index (χ0v) is 42.2. The minimum absolute atomic E-state index is 0.00534. The summed E-state index contributed by atoms with van der Waals surface area (Å²) in [5.74, 6) is -0.324. The summed E-state index contributed by atoms with van der Waals surface area (Å²) in [5, 5.41) is 33.4. The van der Waals surface area contributed by atoms with E-state index in [-0.39, 0.29) is 18.9 Å². The normalized spacial score (nSPS) is 13.7. The minimum Gasteiger partial charge on any atom is -0.394 e. The molecular weight excluding hydrogens is 775 g/mol. The van der Waals surface area contributed by atoms with Gasteiger partial charge in [0, 0.05) is 0 Å². The zero-order valence-electron chi connectivity index (χ0n) is 42.2. The van der Waals surface area contributed by atoms with Crippen LogP contribution < -0.4 is 5.32 Å². The summed E-state index contributed by atoms with van der Waals surface area (Å²) in [6.45, 7) is 4.22. The Morgan fingerprint density at radius 1 is 0.413 bits per heavy atom. The van der Waals surface area contributed by atoms with Crippen LogP contribution in [0.15, 0.2) is 48.6 Å². The maximum Gasteiger partial charge on any atom is 0.222 e. The number of nitrogens with one attached hydrogen (secondary N) is 1. The lowest BCUT2D eigenvalue weighted by Gasteiger charge is -2.21. The standard InChI is InChI=1S/C58H109NO4/c1-3-5-7-9-11-13-15-17-19-21-23-24-25-26-27-28-29-30-31-32-34-35-37-39-41-43-45-47-49-51-55(61)53-58(63)59-56(54-60)57(62)52-50-48-46-44-42-40-38-36-33-22-20-18-16-14-12-10-8-6-4-2/h23-24,26-27,42,44,50,52,55-57,60-62H,3-22,25,28-41,43,45-49,51,53-54H2,1-2H3,(H,59,63)/b24-23-,27-26-,44-42+,52-50+. The first kappa shape index (κ1) is 61.3. The van der Waals surface area contributed by atoms with E-state index in [1.165, 1.54) is 225 Å². The predicted octanol–water partition coefficient (Wildman–Crippen LogP) is 17.2. The molecule has 0 rings (SSSR count). The molecule has 5 heteroatoms. The van der Waals surface area contributed by atoms with Crippen molar-refractivity contribution >= 4 is 5.91 Å². The Kier molecular flexibility index (Phi) is 51.5. The third-order valence-corrected chi connectivity index (χ3v) is 12.8. The summed E-state index contributed by atoms with van der Waals surface area (Å²) in [7, 11) is 0. The number of carbonyl (C=O) groups is 1. The largest absolute Gasteiger partial charge is 0.394 e. The number of hydrogen-bond donors (Lipinski definition) is 4. The van der Waals surface area contributed by atoms with Gasteiger partial charge in [-0.15, -0.1) is 0 Å². The molecule has 0 aliphatic heterocycles. The Labute approximate surface area is 393 Å². The van der Waals surface area contributed by atoms with Crippen LogP contribution in [0.3, 0.4) is 0 Å². The summed E-state index contributed by atoms with van der Waals surface area (Å²) in [4.78, 5) is 12.5. The molecule has 0 bridgehead atoms. The molecule has 3 unspecified atom stereocenters. The fraction of sp³-hybridized carbons (Fsp3) is 0.845. The lowest BCUT2D eigenvalue weighted by molar-refractivity contribution is -0.124. The number of unbranched alkanes of at least 4 members (excludes halogenated alkanes) is 36. The number of allylic oxidation sites excluding steroid dienone is 7. The van der Waals surface area contributed by atoms with Gasteiger partial charge in [0.15, 0.2) is 0 Å². The Morgan fingerprint density at radius 3 is 1.11 bits per heavy atom. The minimum atomic E-state index is -0.953. The topological polar surface area (TPSA) is 89.8 Å².